The van der Waals surface area contributed by atoms with Crippen LogP contribution in [-0.4, -0.2) is 14.5 Å². The van der Waals surface area contributed by atoms with Crippen molar-refractivity contribution in [2.45, 2.75) is 57.4 Å². The fraction of sp³-hybridized carbons (Fsp3) is 0.571. The summed E-state index contributed by atoms with van der Waals surface area (Å²) in [6.07, 6.45) is 1.83. The van der Waals surface area contributed by atoms with Gasteiger partial charge in [0, 0.05) is 6.04 Å². The van der Waals surface area contributed by atoms with Crippen LogP contribution < -0.4 is 4.72 Å². The van der Waals surface area contributed by atoms with Gasteiger partial charge in [-0.1, -0.05) is 32.9 Å². The minimum atomic E-state index is -3.37. The molecule has 2 atom stereocenters. The van der Waals surface area contributed by atoms with Crippen molar-refractivity contribution in [2.75, 3.05) is 0 Å². The Balaban J connectivity index is 2.91. The summed E-state index contributed by atoms with van der Waals surface area (Å²) in [5.41, 5.74) is 1.18. The van der Waals surface area contributed by atoms with Crippen molar-refractivity contribution < 1.29 is 8.42 Å². The smallest absolute Gasteiger partial charge is 0.208 e. The van der Waals surface area contributed by atoms with Crippen molar-refractivity contribution >= 4 is 10.0 Å². The number of hydrogen-bond donors (Lipinski definition) is 1. The van der Waals surface area contributed by atoms with E-state index in [-0.39, 0.29) is 6.04 Å². The normalized spacial score (nSPS) is 15.3. The highest BCUT2D eigenvalue weighted by atomic mass is 32.2. The molecule has 0 aromatic heterocycles. The average Bonchev–Trinajstić information content (AvgIpc) is 2.37. The van der Waals surface area contributed by atoms with Gasteiger partial charge in [-0.15, -0.1) is 0 Å². The highest BCUT2D eigenvalue weighted by Crippen LogP contribution is 2.20. The molecule has 0 fully saturated rings. The van der Waals surface area contributed by atoms with E-state index in [1.807, 2.05) is 26.0 Å². The number of hydrogen-bond acceptors (Lipinski definition) is 2. The Morgan fingerprint density at radius 1 is 1.06 bits per heavy atom. The van der Waals surface area contributed by atoms with E-state index in [2.05, 4.69) is 18.6 Å². The molecule has 102 valence electrons. The van der Waals surface area contributed by atoms with Gasteiger partial charge in [-0.05, 0) is 43.4 Å². The molecule has 0 saturated carbocycles. The summed E-state index contributed by atoms with van der Waals surface area (Å²) in [6, 6.07) is 7.14. The highest BCUT2D eigenvalue weighted by molar-refractivity contribution is 7.89. The predicted octanol–water partition coefficient (Wildman–Crippen LogP) is 3.28. The van der Waals surface area contributed by atoms with Gasteiger partial charge < -0.3 is 0 Å². The molecule has 0 heterocycles. The molecule has 0 spiro atoms. The van der Waals surface area contributed by atoms with Gasteiger partial charge >= 0.3 is 0 Å². The average molecular weight is 269 g/mol. The third-order valence-corrected chi connectivity index (χ3v) is 4.95. The largest absolute Gasteiger partial charge is 0.240 e. The van der Waals surface area contributed by atoms with E-state index in [1.54, 1.807) is 12.1 Å². The number of sulfonamides is 1. The van der Waals surface area contributed by atoms with E-state index in [1.165, 1.54) is 5.56 Å². The summed E-state index contributed by atoms with van der Waals surface area (Å²) in [6.45, 7) is 8.09. The van der Waals surface area contributed by atoms with Crippen LogP contribution in [0.2, 0.25) is 0 Å². The lowest BCUT2D eigenvalue weighted by molar-refractivity contribution is 0.556. The Bertz CT molecular complexity index is 465. The molecule has 4 heteroatoms. The molecular formula is C14H23NO2S. The maximum Gasteiger partial charge on any atom is 0.240 e. The molecule has 0 aliphatic carbocycles. The van der Waals surface area contributed by atoms with Crippen molar-refractivity contribution in [3.63, 3.8) is 0 Å². The minimum Gasteiger partial charge on any atom is -0.208 e. The summed E-state index contributed by atoms with van der Waals surface area (Å²) in [4.78, 5) is 0.342. The van der Waals surface area contributed by atoms with Crippen molar-refractivity contribution in [3.05, 3.63) is 29.8 Å². The molecule has 0 amide bonds. The quantitative estimate of drug-likeness (QED) is 0.861. The van der Waals surface area contributed by atoms with Gasteiger partial charge in [0.2, 0.25) is 10.0 Å². The fourth-order valence-corrected chi connectivity index (χ4v) is 2.95. The molecule has 1 rings (SSSR count). The Hall–Kier alpha value is -0.870. The first kappa shape index (κ1) is 15.2. The summed E-state index contributed by atoms with van der Waals surface area (Å²) in [5, 5.41) is 0. The van der Waals surface area contributed by atoms with Gasteiger partial charge in [0.25, 0.3) is 0 Å². The summed E-state index contributed by atoms with van der Waals surface area (Å²) >= 11 is 0. The first-order valence-corrected chi connectivity index (χ1v) is 8.01. The Kier molecular flexibility index (Phi) is 5.35. The van der Waals surface area contributed by atoms with Crippen LogP contribution in [0.1, 0.15) is 52.0 Å². The first-order chi connectivity index (χ1) is 8.40. The molecule has 0 saturated heterocycles. The molecule has 0 unspecified atom stereocenters. The van der Waals surface area contributed by atoms with Gasteiger partial charge in [-0.25, -0.2) is 13.1 Å². The van der Waals surface area contributed by atoms with E-state index in [0.29, 0.717) is 10.8 Å². The van der Waals surface area contributed by atoms with Crippen molar-refractivity contribution in [1.29, 1.82) is 0 Å². The van der Waals surface area contributed by atoms with Gasteiger partial charge in [-0.2, -0.15) is 0 Å². The van der Waals surface area contributed by atoms with Crippen LogP contribution in [-0.2, 0) is 10.0 Å². The van der Waals surface area contributed by atoms with E-state index < -0.39 is 10.0 Å². The van der Waals surface area contributed by atoms with Crippen molar-refractivity contribution in [2.24, 2.45) is 0 Å². The topological polar surface area (TPSA) is 46.2 Å². The van der Waals surface area contributed by atoms with Crippen LogP contribution in [0.5, 0.6) is 0 Å². The van der Waals surface area contributed by atoms with Crippen molar-refractivity contribution in [3.8, 4) is 0 Å². The Morgan fingerprint density at radius 3 is 2.06 bits per heavy atom. The van der Waals surface area contributed by atoms with Crippen LogP contribution >= 0.6 is 0 Å². The molecule has 0 bridgehead atoms. The van der Waals surface area contributed by atoms with Crippen LogP contribution in [0.25, 0.3) is 0 Å². The second kappa shape index (κ2) is 6.34. The molecule has 0 radical (unpaired) electrons. The van der Waals surface area contributed by atoms with Gasteiger partial charge in [0.15, 0.2) is 0 Å². The van der Waals surface area contributed by atoms with Gasteiger partial charge in [0.05, 0.1) is 4.90 Å². The maximum absolute atomic E-state index is 12.0. The highest BCUT2D eigenvalue weighted by Gasteiger charge is 2.16. The third kappa shape index (κ3) is 3.82. The molecule has 1 N–H and O–H groups in total. The van der Waals surface area contributed by atoms with Crippen LogP contribution in [0.15, 0.2) is 29.2 Å². The zero-order valence-corrected chi connectivity index (χ0v) is 12.4. The molecule has 18 heavy (non-hydrogen) atoms. The lowest BCUT2D eigenvalue weighted by Crippen LogP contribution is -2.31. The van der Waals surface area contributed by atoms with Gasteiger partial charge in [0.1, 0.15) is 0 Å². The molecule has 3 nitrogen and oxygen atoms in total. The van der Waals surface area contributed by atoms with E-state index in [0.717, 1.165) is 12.8 Å². The fourth-order valence-electron chi connectivity index (χ4n) is 1.63. The lowest BCUT2D eigenvalue weighted by atomic mass is 9.99. The number of rotatable bonds is 6. The minimum absolute atomic E-state index is 0.0377. The third-order valence-electron chi connectivity index (χ3n) is 3.34. The molecule has 1 aromatic carbocycles. The lowest BCUT2D eigenvalue weighted by Gasteiger charge is -2.13. The van der Waals surface area contributed by atoms with Crippen LogP contribution in [0.4, 0.5) is 0 Å². The second-order valence-corrected chi connectivity index (χ2v) is 6.52. The zero-order chi connectivity index (χ0) is 13.8. The maximum atomic E-state index is 12.0. The van der Waals surface area contributed by atoms with Crippen LogP contribution in [0.3, 0.4) is 0 Å². The summed E-state index contributed by atoms with van der Waals surface area (Å²) in [7, 11) is -3.37. The molecule has 1 aromatic rings. The van der Waals surface area contributed by atoms with E-state index in [4.69, 9.17) is 0 Å². The molecule has 0 aliphatic rings. The number of nitrogens with one attached hydrogen (secondary N) is 1. The monoisotopic (exact) mass is 269 g/mol. The van der Waals surface area contributed by atoms with E-state index >= 15 is 0 Å². The Labute approximate surface area is 111 Å². The predicted molar refractivity (Wildman–Crippen MR) is 75.2 cm³/mol. The van der Waals surface area contributed by atoms with E-state index in [9.17, 15) is 8.42 Å². The molecular weight excluding hydrogens is 246 g/mol. The standard InChI is InChI=1S/C14H23NO2S/c1-5-11(3)13-7-9-14(10-8-13)18(16,17)15-12(4)6-2/h7-12,15H,5-6H2,1-4H3/t11-,12+/m1/s1. The molecule has 0 aliphatic heterocycles. The SMILES string of the molecule is CC[C@@H](C)c1ccc(S(=O)(=O)N[C@@H](C)CC)cc1. The van der Waals surface area contributed by atoms with Crippen molar-refractivity contribution in [1.82, 2.24) is 4.72 Å². The van der Waals surface area contributed by atoms with Crippen LogP contribution in [0, 0.1) is 0 Å². The zero-order valence-electron chi connectivity index (χ0n) is 11.6. The van der Waals surface area contributed by atoms with Gasteiger partial charge in [-0.3, -0.25) is 0 Å². The number of benzene rings is 1. The second-order valence-electron chi connectivity index (χ2n) is 4.81. The first-order valence-electron chi connectivity index (χ1n) is 6.53. The summed E-state index contributed by atoms with van der Waals surface area (Å²) in [5.74, 6) is 0.462. The Morgan fingerprint density at radius 2 is 1.61 bits per heavy atom. The summed E-state index contributed by atoms with van der Waals surface area (Å²) < 4.78 is 26.7.